The number of aliphatic carboxylic acids is 1. The lowest BCUT2D eigenvalue weighted by molar-refractivity contribution is -0.145. The number of nitrogens with zero attached hydrogens (tertiary/aromatic N) is 1. The third kappa shape index (κ3) is 3.83. The van der Waals surface area contributed by atoms with Gasteiger partial charge in [-0.25, -0.2) is 4.39 Å². The lowest BCUT2D eigenvalue weighted by Gasteiger charge is -2.45. The van der Waals surface area contributed by atoms with Crippen LogP contribution in [0, 0.1) is 11.7 Å². The van der Waals surface area contributed by atoms with Crippen molar-refractivity contribution in [2.24, 2.45) is 5.92 Å². The zero-order valence-electron chi connectivity index (χ0n) is 13.0. The van der Waals surface area contributed by atoms with Crippen LogP contribution in [0.2, 0.25) is 0 Å². The Hall–Kier alpha value is -1.63. The molecule has 3 nitrogen and oxygen atoms in total. The van der Waals surface area contributed by atoms with Gasteiger partial charge in [-0.2, -0.15) is 13.2 Å². The normalized spacial score (nSPS) is 26.3. The van der Waals surface area contributed by atoms with E-state index in [9.17, 15) is 27.5 Å². The third-order valence-corrected chi connectivity index (χ3v) is 4.69. The molecule has 2 rings (SSSR count). The van der Waals surface area contributed by atoms with Gasteiger partial charge in [-0.3, -0.25) is 4.79 Å². The van der Waals surface area contributed by atoms with E-state index in [-0.39, 0.29) is 0 Å². The second-order valence-corrected chi connectivity index (χ2v) is 6.44. The Labute approximate surface area is 131 Å². The van der Waals surface area contributed by atoms with Crippen LogP contribution in [0.5, 0.6) is 0 Å². The van der Waals surface area contributed by atoms with Gasteiger partial charge in [-0.1, -0.05) is 6.07 Å². The number of carboxylic acids is 1. The van der Waals surface area contributed by atoms with Crippen LogP contribution >= 0.6 is 0 Å². The zero-order chi connectivity index (χ0) is 17.4. The van der Waals surface area contributed by atoms with E-state index in [1.165, 1.54) is 6.07 Å². The highest BCUT2D eigenvalue weighted by Gasteiger charge is 2.40. The summed E-state index contributed by atoms with van der Waals surface area (Å²) in [6.07, 6.45) is -3.52. The molecule has 1 aromatic carbocycles. The number of hydrogen-bond donors (Lipinski definition) is 1. The van der Waals surface area contributed by atoms with Gasteiger partial charge in [0, 0.05) is 5.54 Å². The molecule has 0 saturated carbocycles. The summed E-state index contributed by atoms with van der Waals surface area (Å²) in [6, 6.07) is 2.90. The highest BCUT2D eigenvalue weighted by Crippen LogP contribution is 2.36. The van der Waals surface area contributed by atoms with Gasteiger partial charge in [-0.05, 0) is 57.5 Å². The van der Waals surface area contributed by atoms with Crippen molar-refractivity contribution in [1.82, 2.24) is 4.90 Å². The predicted octanol–water partition coefficient (Wildman–Crippen LogP) is 3.57. The van der Waals surface area contributed by atoms with Crippen molar-refractivity contribution in [3.8, 4) is 0 Å². The average Bonchev–Trinajstić information content (AvgIpc) is 2.40. The van der Waals surface area contributed by atoms with E-state index >= 15 is 0 Å². The first kappa shape index (κ1) is 17.7. The molecule has 1 fully saturated rings. The standard InChI is InChI=1S/C16H19F4NO2/c1-15(9-11(14(22)23)5-6-21(15)2)8-10-3-4-12(13(17)7-10)16(18,19)20/h3-4,7,11H,5-6,8-9H2,1-2H3,(H,22,23). The maximum atomic E-state index is 13.7. The Bertz CT molecular complexity index is 602. The van der Waals surface area contributed by atoms with Crippen molar-refractivity contribution in [3.05, 3.63) is 35.1 Å². The first-order chi connectivity index (χ1) is 10.5. The lowest BCUT2D eigenvalue weighted by Crippen LogP contribution is -2.52. The molecule has 1 heterocycles. The monoisotopic (exact) mass is 333 g/mol. The number of hydrogen-bond acceptors (Lipinski definition) is 2. The second kappa shape index (κ2) is 6.11. The molecule has 128 valence electrons. The van der Waals surface area contributed by atoms with E-state index < -0.39 is 35.0 Å². The fourth-order valence-electron chi connectivity index (χ4n) is 3.16. The van der Waals surface area contributed by atoms with Crippen molar-refractivity contribution in [3.63, 3.8) is 0 Å². The Kier molecular flexibility index (Phi) is 4.71. The van der Waals surface area contributed by atoms with Gasteiger partial charge in [-0.15, -0.1) is 0 Å². The number of benzene rings is 1. The molecule has 0 aromatic heterocycles. The minimum absolute atomic E-state index is 0.294. The molecule has 2 unspecified atom stereocenters. The van der Waals surface area contributed by atoms with Crippen LogP contribution in [-0.2, 0) is 17.4 Å². The fourth-order valence-corrected chi connectivity index (χ4v) is 3.16. The van der Waals surface area contributed by atoms with E-state index in [0.29, 0.717) is 31.4 Å². The predicted molar refractivity (Wildman–Crippen MR) is 76.5 cm³/mol. The van der Waals surface area contributed by atoms with Crippen LogP contribution in [0.25, 0.3) is 0 Å². The SMILES string of the molecule is CN1CCC(C(=O)O)CC1(C)Cc1ccc(C(F)(F)F)c(F)c1. The van der Waals surface area contributed by atoms with Gasteiger partial charge < -0.3 is 10.0 Å². The van der Waals surface area contributed by atoms with Crippen molar-refractivity contribution >= 4 is 5.97 Å². The molecule has 1 aliphatic rings. The minimum Gasteiger partial charge on any atom is -0.481 e. The van der Waals surface area contributed by atoms with Gasteiger partial charge in [0.1, 0.15) is 5.82 Å². The topological polar surface area (TPSA) is 40.5 Å². The summed E-state index contributed by atoms with van der Waals surface area (Å²) in [5.41, 5.74) is -1.39. The van der Waals surface area contributed by atoms with Gasteiger partial charge in [0.15, 0.2) is 0 Å². The van der Waals surface area contributed by atoms with Crippen molar-refractivity contribution in [2.75, 3.05) is 13.6 Å². The number of carboxylic acid groups (broad SMARTS) is 1. The first-order valence-corrected chi connectivity index (χ1v) is 7.32. The van der Waals surface area contributed by atoms with Crippen LogP contribution < -0.4 is 0 Å². The number of likely N-dealkylation sites (tertiary alicyclic amines) is 1. The summed E-state index contributed by atoms with van der Waals surface area (Å²) < 4.78 is 51.5. The van der Waals surface area contributed by atoms with E-state index in [1.54, 1.807) is 0 Å². The summed E-state index contributed by atoms with van der Waals surface area (Å²) in [5, 5.41) is 9.19. The summed E-state index contributed by atoms with van der Waals surface area (Å²) in [6.45, 7) is 2.44. The summed E-state index contributed by atoms with van der Waals surface area (Å²) in [5.74, 6) is -2.66. The first-order valence-electron chi connectivity index (χ1n) is 7.32. The van der Waals surface area contributed by atoms with E-state index in [4.69, 9.17) is 0 Å². The summed E-state index contributed by atoms with van der Waals surface area (Å²) >= 11 is 0. The highest BCUT2D eigenvalue weighted by molar-refractivity contribution is 5.70. The average molecular weight is 333 g/mol. The molecule has 2 atom stereocenters. The Balaban J connectivity index is 2.23. The number of rotatable bonds is 3. The molecule has 0 aliphatic carbocycles. The molecular formula is C16H19F4NO2. The second-order valence-electron chi connectivity index (χ2n) is 6.44. The lowest BCUT2D eigenvalue weighted by atomic mass is 9.78. The molecule has 0 amide bonds. The molecule has 1 aliphatic heterocycles. The molecular weight excluding hydrogens is 314 g/mol. The smallest absolute Gasteiger partial charge is 0.419 e. The number of piperidine rings is 1. The van der Waals surface area contributed by atoms with E-state index in [0.717, 1.165) is 12.1 Å². The molecule has 0 radical (unpaired) electrons. The van der Waals surface area contributed by atoms with Gasteiger partial charge in [0.05, 0.1) is 11.5 Å². The quantitative estimate of drug-likeness (QED) is 0.860. The van der Waals surface area contributed by atoms with Crippen LogP contribution in [0.1, 0.15) is 30.9 Å². The molecule has 0 spiro atoms. The summed E-state index contributed by atoms with van der Waals surface area (Å²) in [7, 11) is 1.85. The number of likely N-dealkylation sites (N-methyl/N-ethyl adjacent to an activating group) is 1. The molecule has 1 aromatic rings. The van der Waals surface area contributed by atoms with Gasteiger partial charge in [0.25, 0.3) is 0 Å². The van der Waals surface area contributed by atoms with Crippen LogP contribution in [-0.4, -0.2) is 35.1 Å². The maximum Gasteiger partial charge on any atom is 0.419 e. The molecule has 0 bridgehead atoms. The molecule has 1 saturated heterocycles. The highest BCUT2D eigenvalue weighted by atomic mass is 19.4. The van der Waals surface area contributed by atoms with Crippen molar-refractivity contribution < 1.29 is 27.5 Å². The van der Waals surface area contributed by atoms with E-state index in [2.05, 4.69) is 0 Å². The van der Waals surface area contributed by atoms with Crippen LogP contribution in [0.3, 0.4) is 0 Å². The fraction of sp³-hybridized carbons (Fsp3) is 0.562. The van der Waals surface area contributed by atoms with Crippen LogP contribution in [0.4, 0.5) is 17.6 Å². The maximum absolute atomic E-state index is 13.7. The summed E-state index contributed by atoms with van der Waals surface area (Å²) in [4.78, 5) is 13.2. The van der Waals surface area contributed by atoms with Crippen LogP contribution in [0.15, 0.2) is 18.2 Å². The number of halogens is 4. The largest absolute Gasteiger partial charge is 0.481 e. The van der Waals surface area contributed by atoms with E-state index in [1.807, 2.05) is 18.9 Å². The zero-order valence-corrected chi connectivity index (χ0v) is 13.0. The van der Waals surface area contributed by atoms with Crippen molar-refractivity contribution in [1.29, 1.82) is 0 Å². The molecule has 23 heavy (non-hydrogen) atoms. The van der Waals surface area contributed by atoms with Crippen molar-refractivity contribution in [2.45, 2.75) is 37.9 Å². The van der Waals surface area contributed by atoms with Gasteiger partial charge in [0.2, 0.25) is 0 Å². The third-order valence-electron chi connectivity index (χ3n) is 4.69. The Morgan fingerprint density at radius 1 is 1.43 bits per heavy atom. The Morgan fingerprint density at radius 3 is 2.61 bits per heavy atom. The Morgan fingerprint density at radius 2 is 2.09 bits per heavy atom. The number of carbonyl (C=O) groups is 1. The molecule has 7 heteroatoms. The minimum atomic E-state index is -4.72. The van der Waals surface area contributed by atoms with Gasteiger partial charge >= 0.3 is 12.1 Å². The number of alkyl halides is 3. The molecule has 1 N–H and O–H groups in total.